The molecule has 0 radical (unpaired) electrons. The number of amides is 2. The number of hydrogen-bond donors (Lipinski definition) is 5. The van der Waals surface area contributed by atoms with Crippen LogP contribution < -0.4 is 16.4 Å². The molecule has 0 spiro atoms. The van der Waals surface area contributed by atoms with Crippen LogP contribution >= 0.6 is 0 Å². The van der Waals surface area contributed by atoms with Crippen LogP contribution in [0.15, 0.2) is 97.1 Å². The van der Waals surface area contributed by atoms with E-state index in [0.29, 0.717) is 37.2 Å². The first-order valence-electron chi connectivity index (χ1n) is 19.3. The average molecular weight is 735 g/mol. The second-order valence-corrected chi connectivity index (χ2v) is 14.5. The molecule has 4 atom stereocenters. The van der Waals surface area contributed by atoms with E-state index in [2.05, 4.69) is 39.8 Å². The van der Waals surface area contributed by atoms with Crippen LogP contribution in [-0.2, 0) is 32.2 Å². The average Bonchev–Trinajstić information content (AvgIpc) is 3.66. The molecule has 10 heteroatoms. The molecule has 54 heavy (non-hydrogen) atoms. The van der Waals surface area contributed by atoms with Crippen LogP contribution in [0.1, 0.15) is 92.4 Å². The van der Waals surface area contributed by atoms with Crippen LogP contribution in [0.25, 0.3) is 11.1 Å². The summed E-state index contributed by atoms with van der Waals surface area (Å²) in [7, 11) is 0. The lowest BCUT2D eigenvalue weighted by molar-refractivity contribution is -0.253. The number of para-hydroxylation sites is 2. The Hall–Kier alpha value is -4.58. The molecule has 4 aromatic carbocycles. The van der Waals surface area contributed by atoms with Gasteiger partial charge in [-0.15, -0.1) is 0 Å². The Bertz CT molecular complexity index is 1820. The van der Waals surface area contributed by atoms with Crippen molar-refractivity contribution in [3.63, 3.8) is 0 Å². The summed E-state index contributed by atoms with van der Waals surface area (Å²) in [6.07, 6.45) is 6.09. The van der Waals surface area contributed by atoms with Gasteiger partial charge in [0, 0.05) is 44.0 Å². The molecule has 6 N–H and O–H groups in total. The van der Waals surface area contributed by atoms with Crippen LogP contribution in [0.5, 0.6) is 0 Å². The summed E-state index contributed by atoms with van der Waals surface area (Å²) in [5.41, 5.74) is 13.0. The molecule has 4 aromatic rings. The number of likely N-dealkylation sites (tertiary alicyclic amines) is 1. The number of unbranched alkanes of at least 4 members (excludes halogenated alkanes) is 3. The van der Waals surface area contributed by atoms with E-state index in [1.807, 2.05) is 60.7 Å². The number of carbonyl (C=O) groups excluding carboxylic acids is 2. The van der Waals surface area contributed by atoms with Crippen molar-refractivity contribution in [2.24, 2.45) is 0 Å². The molecule has 0 saturated carbocycles. The third-order valence-corrected chi connectivity index (χ3v) is 10.5. The Balaban J connectivity index is 1.01. The van der Waals surface area contributed by atoms with E-state index in [1.54, 1.807) is 12.1 Å². The van der Waals surface area contributed by atoms with Gasteiger partial charge < -0.3 is 36.1 Å². The fraction of sp³-hybridized carbons (Fsp3) is 0.409. The molecule has 2 aliphatic heterocycles. The lowest BCUT2D eigenvalue weighted by atomic mass is 9.98. The van der Waals surface area contributed by atoms with Crippen molar-refractivity contribution in [3.8, 4) is 11.1 Å². The fourth-order valence-corrected chi connectivity index (χ4v) is 7.40. The van der Waals surface area contributed by atoms with Crippen LogP contribution in [0.2, 0.25) is 0 Å². The topological polar surface area (TPSA) is 146 Å². The van der Waals surface area contributed by atoms with Gasteiger partial charge >= 0.3 is 0 Å². The Morgan fingerprint density at radius 2 is 1.52 bits per heavy atom. The first-order valence-corrected chi connectivity index (χ1v) is 19.3. The number of benzene rings is 4. The molecule has 0 aromatic heterocycles. The third kappa shape index (κ3) is 11.0. The molecule has 0 bridgehead atoms. The van der Waals surface area contributed by atoms with Crippen LogP contribution in [-0.4, -0.2) is 58.8 Å². The Kier molecular flexibility index (Phi) is 14.2. The number of rotatable bonds is 17. The maximum atomic E-state index is 12.7. The van der Waals surface area contributed by atoms with Gasteiger partial charge in [-0.2, -0.15) is 0 Å². The second kappa shape index (κ2) is 19.7. The quantitative estimate of drug-likeness (QED) is 0.0575. The van der Waals surface area contributed by atoms with E-state index in [1.165, 1.54) is 0 Å². The predicted octanol–water partition coefficient (Wildman–Crippen LogP) is 7.03. The lowest BCUT2D eigenvalue weighted by Crippen LogP contribution is -2.42. The molecule has 286 valence electrons. The standard InChI is InChI=1S/C44H54N4O6/c45-39-15-5-6-16-40(39)47-43(52)18-4-2-1-3-17-42(51)46-27-32-10-7-11-34(24-32)35-12-8-13-36(25-35)44-53-38(28-48-23-9-14-37(48)30-50)26-41(54-44)33-21-19-31(29-49)20-22-33/h5-8,10-13,15-16,19-22,24-25,37-38,41,44,49-50H,1-4,9,14,17-18,23,26-30,45H2,(H,46,51)(H,47,52). The van der Waals surface area contributed by atoms with E-state index in [4.69, 9.17) is 15.2 Å². The molecular weight excluding hydrogens is 681 g/mol. The first-order chi connectivity index (χ1) is 26.4. The van der Waals surface area contributed by atoms with E-state index < -0.39 is 6.29 Å². The number of aliphatic hydroxyl groups excluding tert-OH is 2. The number of anilines is 2. The van der Waals surface area contributed by atoms with Crippen LogP contribution in [0.4, 0.5) is 11.4 Å². The largest absolute Gasteiger partial charge is 0.397 e. The molecule has 2 aliphatic rings. The number of ether oxygens (including phenoxy) is 2. The summed E-state index contributed by atoms with van der Waals surface area (Å²) in [5.74, 6) is -0.0368. The Morgan fingerprint density at radius 3 is 2.28 bits per heavy atom. The van der Waals surface area contributed by atoms with Crippen molar-refractivity contribution in [2.45, 2.75) is 95.5 Å². The molecule has 2 heterocycles. The predicted molar refractivity (Wildman–Crippen MR) is 211 cm³/mol. The molecule has 2 fully saturated rings. The Morgan fingerprint density at radius 1 is 0.778 bits per heavy atom. The van der Waals surface area contributed by atoms with E-state index in [-0.39, 0.29) is 43.3 Å². The van der Waals surface area contributed by atoms with Crippen molar-refractivity contribution in [1.29, 1.82) is 0 Å². The highest BCUT2D eigenvalue weighted by Crippen LogP contribution is 2.39. The zero-order valence-electron chi connectivity index (χ0n) is 31.0. The van der Waals surface area contributed by atoms with E-state index >= 15 is 0 Å². The van der Waals surface area contributed by atoms with Crippen LogP contribution in [0.3, 0.4) is 0 Å². The summed E-state index contributed by atoms with van der Waals surface area (Å²) >= 11 is 0. The number of nitrogens with two attached hydrogens (primary N) is 1. The van der Waals surface area contributed by atoms with Gasteiger partial charge in [0.05, 0.1) is 36.8 Å². The Labute approximate surface area is 318 Å². The molecule has 2 saturated heterocycles. The van der Waals surface area contributed by atoms with Crippen LogP contribution in [0, 0.1) is 0 Å². The van der Waals surface area contributed by atoms with Gasteiger partial charge in [0.1, 0.15) is 0 Å². The van der Waals surface area contributed by atoms with Gasteiger partial charge in [0.15, 0.2) is 6.29 Å². The van der Waals surface area contributed by atoms with Crippen molar-refractivity contribution < 1.29 is 29.3 Å². The monoisotopic (exact) mass is 734 g/mol. The van der Waals surface area contributed by atoms with Gasteiger partial charge in [-0.1, -0.05) is 85.6 Å². The van der Waals surface area contributed by atoms with Crippen molar-refractivity contribution >= 4 is 23.2 Å². The van der Waals surface area contributed by atoms with E-state index in [0.717, 1.165) is 85.0 Å². The molecule has 10 nitrogen and oxygen atoms in total. The summed E-state index contributed by atoms with van der Waals surface area (Å²) in [6, 6.07) is 31.8. The number of nitrogens with one attached hydrogen (secondary N) is 2. The number of carbonyl (C=O) groups is 2. The number of aliphatic hydroxyl groups is 2. The fourth-order valence-electron chi connectivity index (χ4n) is 7.40. The van der Waals surface area contributed by atoms with E-state index in [9.17, 15) is 19.8 Å². The highest BCUT2D eigenvalue weighted by atomic mass is 16.7. The van der Waals surface area contributed by atoms with Crippen molar-refractivity contribution in [2.75, 3.05) is 30.7 Å². The highest BCUT2D eigenvalue weighted by Gasteiger charge is 2.35. The van der Waals surface area contributed by atoms with Gasteiger partial charge in [0.2, 0.25) is 11.8 Å². The summed E-state index contributed by atoms with van der Waals surface area (Å²) < 4.78 is 13.3. The highest BCUT2D eigenvalue weighted by molar-refractivity contribution is 5.93. The van der Waals surface area contributed by atoms with Crippen molar-refractivity contribution in [3.05, 3.63) is 119 Å². The maximum absolute atomic E-state index is 12.7. The summed E-state index contributed by atoms with van der Waals surface area (Å²) in [4.78, 5) is 27.2. The van der Waals surface area contributed by atoms with Gasteiger partial charge in [-0.3, -0.25) is 14.5 Å². The summed E-state index contributed by atoms with van der Waals surface area (Å²) in [5, 5.41) is 25.4. The lowest BCUT2D eigenvalue weighted by Gasteiger charge is -2.38. The first kappa shape index (κ1) is 39.1. The van der Waals surface area contributed by atoms with Gasteiger partial charge in [0.25, 0.3) is 0 Å². The molecule has 2 amide bonds. The number of nitrogen functional groups attached to an aromatic ring is 1. The zero-order valence-corrected chi connectivity index (χ0v) is 31.0. The maximum Gasteiger partial charge on any atom is 0.224 e. The zero-order chi connectivity index (χ0) is 37.7. The number of hydrogen-bond acceptors (Lipinski definition) is 8. The minimum absolute atomic E-state index is 0.00497. The SMILES string of the molecule is Nc1ccccc1NC(=O)CCCCCCC(=O)NCc1cccc(-c2cccc(C3OC(CN4CCCC4CO)CC(c4ccc(CO)cc4)O3)c2)c1. The third-order valence-electron chi connectivity index (χ3n) is 10.5. The van der Waals surface area contributed by atoms with Gasteiger partial charge in [-0.05, 0) is 84.3 Å². The minimum atomic E-state index is -0.574. The second-order valence-electron chi connectivity index (χ2n) is 14.5. The molecule has 6 rings (SSSR count). The van der Waals surface area contributed by atoms with Crippen molar-refractivity contribution in [1.82, 2.24) is 10.2 Å². The van der Waals surface area contributed by atoms with Gasteiger partial charge in [-0.25, -0.2) is 0 Å². The molecule has 4 unspecified atom stereocenters. The smallest absolute Gasteiger partial charge is 0.224 e. The molecule has 0 aliphatic carbocycles. The summed E-state index contributed by atoms with van der Waals surface area (Å²) in [6.45, 7) is 2.27. The number of nitrogens with zero attached hydrogens (tertiary/aromatic N) is 1. The normalized spacial score (nSPS) is 20.1. The molecular formula is C44H54N4O6. The minimum Gasteiger partial charge on any atom is -0.397 e.